The van der Waals surface area contributed by atoms with E-state index in [0.717, 1.165) is 30.0 Å². The lowest BCUT2D eigenvalue weighted by atomic mass is 10.1. The van der Waals surface area contributed by atoms with Crippen molar-refractivity contribution >= 4 is 22.9 Å². The molecule has 0 bridgehead atoms. The normalized spacial score (nSPS) is 15.5. The van der Waals surface area contributed by atoms with E-state index >= 15 is 0 Å². The summed E-state index contributed by atoms with van der Waals surface area (Å²) < 4.78 is 12.9. The third-order valence-corrected chi connectivity index (χ3v) is 4.83. The highest BCUT2D eigenvalue weighted by atomic mass is 16.6. The molecule has 7 heteroatoms. The smallest absolute Gasteiger partial charge is 0.410 e. The van der Waals surface area contributed by atoms with Gasteiger partial charge in [0, 0.05) is 38.6 Å². The van der Waals surface area contributed by atoms with Crippen LogP contribution in [0.15, 0.2) is 36.7 Å². The van der Waals surface area contributed by atoms with Crippen molar-refractivity contribution in [3.8, 4) is 0 Å². The summed E-state index contributed by atoms with van der Waals surface area (Å²) >= 11 is 0. The lowest BCUT2D eigenvalue weighted by Crippen LogP contribution is -2.43. The van der Waals surface area contributed by atoms with Crippen molar-refractivity contribution in [2.45, 2.75) is 51.7 Å². The van der Waals surface area contributed by atoms with E-state index in [9.17, 15) is 9.59 Å². The van der Waals surface area contributed by atoms with E-state index in [1.54, 1.807) is 9.47 Å². The maximum atomic E-state index is 12.2. The second-order valence-electron chi connectivity index (χ2n) is 8.42. The van der Waals surface area contributed by atoms with E-state index in [-0.39, 0.29) is 18.2 Å². The summed E-state index contributed by atoms with van der Waals surface area (Å²) in [4.78, 5) is 26.1. The average Bonchev–Trinajstić information content (AvgIpc) is 3.11. The molecular weight excluding hydrogens is 370 g/mol. The second-order valence-corrected chi connectivity index (χ2v) is 8.42. The van der Waals surface area contributed by atoms with E-state index in [2.05, 4.69) is 5.32 Å². The van der Waals surface area contributed by atoms with Gasteiger partial charge in [-0.2, -0.15) is 0 Å². The molecule has 2 aromatic rings. The number of likely N-dealkylation sites (tertiary alicyclic amines) is 1. The minimum Gasteiger partial charge on any atom is -0.444 e. The van der Waals surface area contributed by atoms with E-state index < -0.39 is 5.60 Å². The van der Waals surface area contributed by atoms with Crippen LogP contribution in [0.2, 0.25) is 0 Å². The Labute approximate surface area is 171 Å². The van der Waals surface area contributed by atoms with E-state index in [0.29, 0.717) is 26.2 Å². The van der Waals surface area contributed by atoms with Gasteiger partial charge in [0.25, 0.3) is 0 Å². The SMILES string of the molecule is CC(C)(C)OC(=O)N1CCC(OCCCNC(=O)n2cc3ccccc3c2)CC1. The zero-order chi connectivity index (χ0) is 20.9. The molecule has 1 aromatic carbocycles. The number of rotatable bonds is 5. The van der Waals surface area contributed by atoms with Gasteiger partial charge in [-0.15, -0.1) is 0 Å². The minimum absolute atomic E-state index is 0.133. The number of nitrogens with zero attached hydrogens (tertiary/aromatic N) is 2. The molecule has 158 valence electrons. The standard InChI is InChI=1S/C22H31N3O4/c1-22(2,3)29-21(27)24-12-9-19(10-13-24)28-14-6-11-23-20(26)25-15-17-7-4-5-8-18(17)16-25/h4-5,7-8,15-16,19H,6,9-14H2,1-3H3,(H,23,26). The van der Waals surface area contributed by atoms with Gasteiger partial charge >= 0.3 is 12.1 Å². The molecule has 2 heterocycles. The van der Waals surface area contributed by atoms with Crippen molar-refractivity contribution in [3.63, 3.8) is 0 Å². The molecule has 0 aliphatic carbocycles. The number of aromatic nitrogens is 1. The van der Waals surface area contributed by atoms with Crippen molar-refractivity contribution < 1.29 is 19.1 Å². The molecule has 0 spiro atoms. The predicted octanol–water partition coefficient (Wildman–Crippen LogP) is 4.01. The molecule has 0 unspecified atom stereocenters. The quantitative estimate of drug-likeness (QED) is 0.769. The van der Waals surface area contributed by atoms with Gasteiger partial charge in [-0.3, -0.25) is 4.57 Å². The Morgan fingerprint density at radius 2 is 1.72 bits per heavy atom. The van der Waals surface area contributed by atoms with Crippen LogP contribution in [-0.4, -0.2) is 59.5 Å². The summed E-state index contributed by atoms with van der Waals surface area (Å²) in [7, 11) is 0. The van der Waals surface area contributed by atoms with Crippen molar-refractivity contribution in [2.75, 3.05) is 26.2 Å². The lowest BCUT2D eigenvalue weighted by molar-refractivity contribution is -0.0115. The van der Waals surface area contributed by atoms with Crippen LogP contribution >= 0.6 is 0 Å². The Balaban J connectivity index is 1.30. The zero-order valence-electron chi connectivity index (χ0n) is 17.5. The number of carbonyl (C=O) groups excluding carboxylic acids is 2. The highest BCUT2D eigenvalue weighted by molar-refractivity contribution is 5.88. The van der Waals surface area contributed by atoms with Gasteiger partial charge in [0.2, 0.25) is 0 Å². The number of benzene rings is 1. The molecule has 1 aliphatic heterocycles. The fourth-order valence-corrected chi connectivity index (χ4v) is 3.34. The molecule has 0 saturated carbocycles. The largest absolute Gasteiger partial charge is 0.444 e. The van der Waals surface area contributed by atoms with Crippen molar-refractivity contribution in [1.29, 1.82) is 0 Å². The molecule has 1 fully saturated rings. The average molecular weight is 402 g/mol. The predicted molar refractivity (Wildman–Crippen MR) is 112 cm³/mol. The highest BCUT2D eigenvalue weighted by Gasteiger charge is 2.27. The first-order chi connectivity index (χ1) is 13.8. The summed E-state index contributed by atoms with van der Waals surface area (Å²) in [5.74, 6) is 0. The number of amides is 2. The topological polar surface area (TPSA) is 72.8 Å². The Morgan fingerprint density at radius 3 is 2.31 bits per heavy atom. The van der Waals surface area contributed by atoms with Gasteiger partial charge in [0.05, 0.1) is 6.10 Å². The molecule has 1 aliphatic rings. The molecule has 0 atom stereocenters. The van der Waals surface area contributed by atoms with Crippen molar-refractivity contribution in [1.82, 2.24) is 14.8 Å². The Morgan fingerprint density at radius 1 is 1.10 bits per heavy atom. The summed E-state index contributed by atoms with van der Waals surface area (Å²) in [6.07, 6.45) is 5.93. The van der Waals surface area contributed by atoms with Crippen LogP contribution in [0.3, 0.4) is 0 Å². The zero-order valence-corrected chi connectivity index (χ0v) is 17.5. The molecule has 7 nitrogen and oxygen atoms in total. The Kier molecular flexibility index (Phi) is 6.79. The molecule has 1 aromatic heterocycles. The summed E-state index contributed by atoms with van der Waals surface area (Å²) in [5.41, 5.74) is -0.470. The summed E-state index contributed by atoms with van der Waals surface area (Å²) in [6.45, 7) is 8.07. The van der Waals surface area contributed by atoms with Crippen LogP contribution in [0.1, 0.15) is 40.0 Å². The first kappa shape index (κ1) is 21.2. The van der Waals surface area contributed by atoms with Crippen LogP contribution in [0.4, 0.5) is 9.59 Å². The number of nitrogens with one attached hydrogen (secondary N) is 1. The first-order valence-electron chi connectivity index (χ1n) is 10.3. The Bertz CT molecular complexity index is 799. The fraction of sp³-hybridized carbons (Fsp3) is 0.545. The van der Waals surface area contributed by atoms with Gasteiger partial charge in [-0.05, 0) is 50.8 Å². The van der Waals surface area contributed by atoms with Crippen LogP contribution < -0.4 is 5.32 Å². The van der Waals surface area contributed by atoms with E-state index in [1.807, 2.05) is 57.4 Å². The summed E-state index contributed by atoms with van der Waals surface area (Å²) in [6, 6.07) is 7.76. The van der Waals surface area contributed by atoms with Crippen LogP contribution in [0.5, 0.6) is 0 Å². The number of hydrogen-bond donors (Lipinski definition) is 1. The second kappa shape index (κ2) is 9.31. The number of hydrogen-bond acceptors (Lipinski definition) is 4. The summed E-state index contributed by atoms with van der Waals surface area (Å²) in [5, 5.41) is 5.01. The van der Waals surface area contributed by atoms with Crippen molar-refractivity contribution in [3.05, 3.63) is 36.7 Å². The molecule has 1 saturated heterocycles. The molecule has 1 N–H and O–H groups in total. The monoisotopic (exact) mass is 401 g/mol. The minimum atomic E-state index is -0.470. The van der Waals surface area contributed by atoms with Crippen molar-refractivity contribution in [2.24, 2.45) is 0 Å². The molecule has 0 radical (unpaired) electrons. The maximum Gasteiger partial charge on any atom is 0.410 e. The third-order valence-electron chi connectivity index (χ3n) is 4.83. The van der Waals surface area contributed by atoms with Gasteiger partial charge in [0.15, 0.2) is 0 Å². The highest BCUT2D eigenvalue weighted by Crippen LogP contribution is 2.17. The maximum absolute atomic E-state index is 12.2. The van der Waals surface area contributed by atoms with Gasteiger partial charge in [0.1, 0.15) is 5.60 Å². The van der Waals surface area contributed by atoms with Crippen LogP contribution in [0, 0.1) is 0 Å². The van der Waals surface area contributed by atoms with Gasteiger partial charge in [-0.25, -0.2) is 9.59 Å². The van der Waals surface area contributed by atoms with Crippen LogP contribution in [-0.2, 0) is 9.47 Å². The number of fused-ring (bicyclic) bond motifs is 1. The molecule has 29 heavy (non-hydrogen) atoms. The number of piperidine rings is 1. The first-order valence-corrected chi connectivity index (χ1v) is 10.3. The van der Waals surface area contributed by atoms with E-state index in [1.165, 1.54) is 0 Å². The van der Waals surface area contributed by atoms with Crippen LogP contribution in [0.25, 0.3) is 10.8 Å². The Hall–Kier alpha value is -2.54. The number of carbonyl (C=O) groups is 2. The molecule has 3 rings (SSSR count). The lowest BCUT2D eigenvalue weighted by Gasteiger charge is -2.33. The molecule has 2 amide bonds. The van der Waals surface area contributed by atoms with Gasteiger partial charge in [-0.1, -0.05) is 24.3 Å². The molecular formula is C22H31N3O4. The van der Waals surface area contributed by atoms with Gasteiger partial charge < -0.3 is 19.7 Å². The fourth-order valence-electron chi connectivity index (χ4n) is 3.34. The third kappa shape index (κ3) is 6.22. The van der Waals surface area contributed by atoms with E-state index in [4.69, 9.17) is 9.47 Å². The number of ether oxygens (including phenoxy) is 2.